The molecule has 0 atom stereocenters. The van der Waals surface area contributed by atoms with E-state index in [-0.39, 0.29) is 5.82 Å². The van der Waals surface area contributed by atoms with Gasteiger partial charge in [0.1, 0.15) is 5.82 Å². The number of carbonyl (C=O) groups excluding carboxylic acids is 1. The SMILES string of the molecule is O=C(c1n[nH]c(=O)[nH]1)N1CCN(c2ccc(C(F)(F)F)cn2)CC1. The monoisotopic (exact) mass is 342 g/mol. The Labute approximate surface area is 133 Å². The lowest BCUT2D eigenvalue weighted by atomic mass is 10.2. The van der Waals surface area contributed by atoms with Crippen LogP contribution in [0.2, 0.25) is 0 Å². The Morgan fingerprint density at radius 3 is 2.38 bits per heavy atom. The van der Waals surface area contributed by atoms with E-state index >= 15 is 0 Å². The van der Waals surface area contributed by atoms with E-state index in [0.717, 1.165) is 12.3 Å². The van der Waals surface area contributed by atoms with E-state index in [1.165, 1.54) is 11.0 Å². The lowest BCUT2D eigenvalue weighted by molar-refractivity contribution is -0.137. The topological polar surface area (TPSA) is 98.0 Å². The van der Waals surface area contributed by atoms with E-state index in [9.17, 15) is 22.8 Å². The molecule has 2 aromatic heterocycles. The third-order valence-corrected chi connectivity index (χ3v) is 3.67. The van der Waals surface area contributed by atoms with Crippen LogP contribution in [-0.4, -0.2) is 57.2 Å². The smallest absolute Gasteiger partial charge is 0.353 e. The van der Waals surface area contributed by atoms with E-state index in [0.29, 0.717) is 32.0 Å². The third kappa shape index (κ3) is 3.24. The number of carbonyl (C=O) groups is 1. The van der Waals surface area contributed by atoms with Gasteiger partial charge in [0, 0.05) is 32.4 Å². The molecule has 1 fully saturated rings. The molecule has 24 heavy (non-hydrogen) atoms. The highest BCUT2D eigenvalue weighted by molar-refractivity contribution is 5.90. The molecule has 0 bridgehead atoms. The maximum Gasteiger partial charge on any atom is 0.417 e. The number of nitrogens with zero attached hydrogens (tertiary/aromatic N) is 4. The molecule has 8 nitrogen and oxygen atoms in total. The van der Waals surface area contributed by atoms with Gasteiger partial charge in [0.05, 0.1) is 5.56 Å². The highest BCUT2D eigenvalue weighted by Gasteiger charge is 2.31. The number of piperazine rings is 1. The number of H-pyrrole nitrogens is 2. The number of rotatable bonds is 2. The molecule has 1 saturated heterocycles. The maximum atomic E-state index is 12.5. The number of hydrogen-bond acceptors (Lipinski definition) is 5. The zero-order valence-electron chi connectivity index (χ0n) is 12.3. The molecule has 1 amide bonds. The summed E-state index contributed by atoms with van der Waals surface area (Å²) in [7, 11) is 0. The molecule has 0 aliphatic carbocycles. The Hall–Kier alpha value is -2.85. The summed E-state index contributed by atoms with van der Waals surface area (Å²) >= 11 is 0. The molecule has 0 spiro atoms. The van der Waals surface area contributed by atoms with Crippen LogP contribution in [0.4, 0.5) is 19.0 Å². The molecule has 0 unspecified atom stereocenters. The molecule has 2 N–H and O–H groups in total. The molecule has 2 aromatic rings. The van der Waals surface area contributed by atoms with Crippen molar-refractivity contribution in [2.45, 2.75) is 6.18 Å². The fourth-order valence-electron chi connectivity index (χ4n) is 2.40. The van der Waals surface area contributed by atoms with Crippen LogP contribution in [-0.2, 0) is 6.18 Å². The fourth-order valence-corrected chi connectivity index (χ4v) is 2.40. The quantitative estimate of drug-likeness (QED) is 0.827. The van der Waals surface area contributed by atoms with Gasteiger partial charge in [-0.1, -0.05) is 0 Å². The van der Waals surface area contributed by atoms with Gasteiger partial charge in [0.15, 0.2) is 0 Å². The second-order valence-corrected chi connectivity index (χ2v) is 5.21. The molecule has 3 rings (SSSR count). The minimum absolute atomic E-state index is 0.0684. The van der Waals surface area contributed by atoms with Crippen LogP contribution >= 0.6 is 0 Å². The molecule has 3 heterocycles. The van der Waals surface area contributed by atoms with Crippen molar-refractivity contribution in [3.63, 3.8) is 0 Å². The number of alkyl halides is 3. The average Bonchev–Trinajstić information content (AvgIpc) is 3.00. The summed E-state index contributed by atoms with van der Waals surface area (Å²) in [5, 5.41) is 5.70. The normalized spacial score (nSPS) is 15.6. The van der Waals surface area contributed by atoms with Crippen LogP contribution in [0.3, 0.4) is 0 Å². The Bertz CT molecular complexity index is 774. The van der Waals surface area contributed by atoms with E-state index in [1.807, 2.05) is 0 Å². The summed E-state index contributed by atoms with van der Waals surface area (Å²) in [5.74, 6) is -0.0576. The summed E-state index contributed by atoms with van der Waals surface area (Å²) in [6, 6.07) is 2.29. The summed E-state index contributed by atoms with van der Waals surface area (Å²) in [4.78, 5) is 32.5. The highest BCUT2D eigenvalue weighted by atomic mass is 19.4. The summed E-state index contributed by atoms with van der Waals surface area (Å²) in [6.07, 6.45) is -3.63. The first-order chi connectivity index (χ1) is 11.3. The second-order valence-electron chi connectivity index (χ2n) is 5.21. The van der Waals surface area contributed by atoms with Gasteiger partial charge < -0.3 is 9.80 Å². The van der Waals surface area contributed by atoms with E-state index in [4.69, 9.17) is 0 Å². The van der Waals surface area contributed by atoms with Gasteiger partial charge in [-0.2, -0.15) is 13.2 Å². The molecule has 128 valence electrons. The van der Waals surface area contributed by atoms with Crippen molar-refractivity contribution < 1.29 is 18.0 Å². The lowest BCUT2D eigenvalue weighted by Gasteiger charge is -2.35. The zero-order valence-corrected chi connectivity index (χ0v) is 12.3. The Kier molecular flexibility index (Phi) is 3.99. The predicted molar refractivity (Wildman–Crippen MR) is 76.6 cm³/mol. The maximum absolute atomic E-state index is 12.5. The van der Waals surface area contributed by atoms with Crippen molar-refractivity contribution in [1.82, 2.24) is 25.1 Å². The van der Waals surface area contributed by atoms with Gasteiger partial charge >= 0.3 is 11.9 Å². The molecule has 1 aliphatic rings. The van der Waals surface area contributed by atoms with E-state index in [2.05, 4.69) is 20.2 Å². The molecular weight excluding hydrogens is 329 g/mol. The Morgan fingerprint density at radius 2 is 1.88 bits per heavy atom. The predicted octanol–water partition coefficient (Wildman–Crippen LogP) is 0.474. The lowest BCUT2D eigenvalue weighted by Crippen LogP contribution is -2.49. The number of pyridine rings is 1. The second kappa shape index (κ2) is 5.98. The first-order valence-corrected chi connectivity index (χ1v) is 7.07. The number of nitrogens with one attached hydrogen (secondary N) is 2. The van der Waals surface area contributed by atoms with Crippen molar-refractivity contribution in [2.24, 2.45) is 0 Å². The number of aromatic amines is 2. The van der Waals surface area contributed by atoms with Crippen LogP contribution in [0, 0.1) is 0 Å². The summed E-state index contributed by atoms with van der Waals surface area (Å²) < 4.78 is 37.6. The standard InChI is InChI=1S/C13H13F3N6O2/c14-13(15,16)8-1-2-9(17-7-8)21-3-5-22(6-4-21)11(23)10-18-12(24)20-19-10/h1-2,7H,3-6H2,(H2,18,19,20,24). The first kappa shape index (κ1) is 16.0. The van der Waals surface area contributed by atoms with Gasteiger partial charge in [-0.3, -0.25) is 9.78 Å². The van der Waals surface area contributed by atoms with Gasteiger partial charge in [-0.05, 0) is 12.1 Å². The highest BCUT2D eigenvalue weighted by Crippen LogP contribution is 2.29. The number of anilines is 1. The van der Waals surface area contributed by atoms with Gasteiger partial charge in [-0.25, -0.2) is 14.9 Å². The molecule has 11 heteroatoms. The Morgan fingerprint density at radius 1 is 1.17 bits per heavy atom. The van der Waals surface area contributed by atoms with Gasteiger partial charge in [0.25, 0.3) is 5.91 Å². The molecule has 0 radical (unpaired) electrons. The fraction of sp³-hybridized carbons (Fsp3) is 0.385. The van der Waals surface area contributed by atoms with E-state index in [1.54, 1.807) is 4.90 Å². The first-order valence-electron chi connectivity index (χ1n) is 7.07. The number of hydrogen-bond donors (Lipinski definition) is 2. The van der Waals surface area contributed by atoms with Crippen LogP contribution < -0.4 is 10.6 Å². The largest absolute Gasteiger partial charge is 0.417 e. The van der Waals surface area contributed by atoms with Crippen molar-refractivity contribution in [1.29, 1.82) is 0 Å². The summed E-state index contributed by atoms with van der Waals surface area (Å²) in [6.45, 7) is 1.52. The average molecular weight is 342 g/mol. The van der Waals surface area contributed by atoms with Gasteiger partial charge in [-0.15, -0.1) is 5.10 Å². The van der Waals surface area contributed by atoms with Crippen LogP contribution in [0.1, 0.15) is 16.2 Å². The van der Waals surface area contributed by atoms with Crippen molar-refractivity contribution in [3.8, 4) is 0 Å². The number of aromatic nitrogens is 4. The summed E-state index contributed by atoms with van der Waals surface area (Å²) in [5.41, 5.74) is -1.37. The van der Waals surface area contributed by atoms with E-state index < -0.39 is 23.3 Å². The van der Waals surface area contributed by atoms with Gasteiger partial charge in [0.2, 0.25) is 5.82 Å². The number of halogens is 3. The van der Waals surface area contributed by atoms with Crippen LogP contribution in [0.15, 0.2) is 23.1 Å². The Balaban J connectivity index is 1.62. The molecular formula is C13H13F3N6O2. The van der Waals surface area contributed by atoms with Crippen molar-refractivity contribution >= 4 is 11.7 Å². The third-order valence-electron chi connectivity index (χ3n) is 3.67. The molecule has 0 saturated carbocycles. The minimum atomic E-state index is -4.42. The molecule has 1 aliphatic heterocycles. The van der Waals surface area contributed by atoms with Crippen molar-refractivity contribution in [2.75, 3.05) is 31.1 Å². The minimum Gasteiger partial charge on any atom is -0.353 e. The van der Waals surface area contributed by atoms with Crippen LogP contribution in [0.5, 0.6) is 0 Å². The molecule has 0 aromatic carbocycles. The number of amides is 1. The van der Waals surface area contributed by atoms with Crippen LogP contribution in [0.25, 0.3) is 0 Å². The zero-order chi connectivity index (χ0) is 17.3. The van der Waals surface area contributed by atoms with Crippen molar-refractivity contribution in [3.05, 3.63) is 40.2 Å².